The molecule has 0 radical (unpaired) electrons. The van der Waals surface area contributed by atoms with E-state index in [1.165, 1.54) is 26.2 Å². The van der Waals surface area contributed by atoms with E-state index in [2.05, 4.69) is 17.1 Å². The molecular weight excluding hydrogens is 464 g/mol. The molecule has 8 nitrogen and oxygen atoms in total. The molecule has 9 heteroatoms. The molecule has 0 aliphatic carbocycles. The SMILES string of the molecule is CCCCCCSc1nnc2c(n1)O[C@@H](c1cccc(OC)c1OC)N(C(C)=O)c1ccccc1-2. The van der Waals surface area contributed by atoms with Crippen LogP contribution in [0.5, 0.6) is 17.4 Å². The Kier molecular flexibility index (Phi) is 8.07. The van der Waals surface area contributed by atoms with Crippen molar-refractivity contribution in [3.63, 3.8) is 0 Å². The Balaban J connectivity index is 1.80. The topological polar surface area (TPSA) is 86.7 Å². The summed E-state index contributed by atoms with van der Waals surface area (Å²) in [6.45, 7) is 3.70. The number of benzene rings is 2. The summed E-state index contributed by atoms with van der Waals surface area (Å²) in [6, 6.07) is 13.0. The van der Waals surface area contributed by atoms with E-state index in [4.69, 9.17) is 19.2 Å². The van der Waals surface area contributed by atoms with Crippen molar-refractivity contribution in [1.29, 1.82) is 0 Å². The van der Waals surface area contributed by atoms with Crippen molar-refractivity contribution in [2.24, 2.45) is 0 Å². The first-order valence-electron chi connectivity index (χ1n) is 11.7. The normalized spacial score (nSPS) is 14.4. The van der Waals surface area contributed by atoms with Crippen LogP contribution in [0, 0.1) is 0 Å². The Bertz CT molecular complexity index is 1190. The van der Waals surface area contributed by atoms with Crippen molar-refractivity contribution < 1.29 is 19.0 Å². The zero-order valence-electron chi connectivity index (χ0n) is 20.5. The van der Waals surface area contributed by atoms with Crippen LogP contribution in [-0.2, 0) is 4.79 Å². The van der Waals surface area contributed by atoms with Crippen LogP contribution in [0.1, 0.15) is 51.3 Å². The summed E-state index contributed by atoms with van der Waals surface area (Å²) >= 11 is 1.56. The van der Waals surface area contributed by atoms with Crippen LogP contribution in [-0.4, -0.2) is 41.1 Å². The van der Waals surface area contributed by atoms with Crippen LogP contribution < -0.4 is 19.1 Å². The molecular formula is C26H30N4O4S. The predicted molar refractivity (Wildman–Crippen MR) is 136 cm³/mol. The molecule has 1 aliphatic rings. The lowest BCUT2D eigenvalue weighted by Crippen LogP contribution is -2.36. The minimum absolute atomic E-state index is 0.196. The quantitative estimate of drug-likeness (QED) is 0.278. The molecule has 0 saturated carbocycles. The summed E-state index contributed by atoms with van der Waals surface area (Å²) in [5.41, 5.74) is 2.51. The molecule has 1 amide bonds. The Morgan fingerprint density at radius 1 is 1.06 bits per heavy atom. The number of rotatable bonds is 9. The van der Waals surface area contributed by atoms with Gasteiger partial charge in [-0.1, -0.05) is 62.2 Å². The second kappa shape index (κ2) is 11.4. The highest BCUT2D eigenvalue weighted by Crippen LogP contribution is 2.46. The van der Waals surface area contributed by atoms with Gasteiger partial charge in [0, 0.05) is 18.2 Å². The molecule has 1 atom stereocenters. The van der Waals surface area contributed by atoms with Crippen LogP contribution in [0.25, 0.3) is 11.3 Å². The molecule has 1 aliphatic heterocycles. The average molecular weight is 495 g/mol. The summed E-state index contributed by atoms with van der Waals surface area (Å²) < 4.78 is 17.6. The number of fused-ring (bicyclic) bond motifs is 3. The molecule has 4 rings (SSSR count). The van der Waals surface area contributed by atoms with Gasteiger partial charge in [0.1, 0.15) is 0 Å². The minimum Gasteiger partial charge on any atom is -0.493 e. The van der Waals surface area contributed by atoms with E-state index < -0.39 is 6.23 Å². The van der Waals surface area contributed by atoms with E-state index in [1.807, 2.05) is 36.4 Å². The molecule has 3 aromatic rings. The lowest BCUT2D eigenvalue weighted by atomic mass is 10.1. The van der Waals surface area contributed by atoms with Crippen molar-refractivity contribution in [2.45, 2.75) is 50.9 Å². The molecule has 35 heavy (non-hydrogen) atoms. The molecule has 2 heterocycles. The van der Waals surface area contributed by atoms with Crippen molar-refractivity contribution in [3.8, 4) is 28.6 Å². The number of thioether (sulfide) groups is 1. The fraction of sp³-hybridized carbons (Fsp3) is 0.385. The molecule has 0 bridgehead atoms. The van der Waals surface area contributed by atoms with Gasteiger partial charge in [0.25, 0.3) is 0 Å². The van der Waals surface area contributed by atoms with Crippen LogP contribution in [0.15, 0.2) is 47.6 Å². The molecule has 184 valence electrons. The first-order valence-corrected chi connectivity index (χ1v) is 12.7. The van der Waals surface area contributed by atoms with Gasteiger partial charge in [-0.15, -0.1) is 10.2 Å². The van der Waals surface area contributed by atoms with E-state index in [0.717, 1.165) is 17.7 Å². The van der Waals surface area contributed by atoms with Crippen molar-refractivity contribution in [1.82, 2.24) is 15.2 Å². The average Bonchev–Trinajstić information content (AvgIpc) is 3.02. The van der Waals surface area contributed by atoms with Gasteiger partial charge < -0.3 is 14.2 Å². The lowest BCUT2D eigenvalue weighted by Gasteiger charge is -2.31. The second-order valence-corrected chi connectivity index (χ2v) is 9.18. The van der Waals surface area contributed by atoms with E-state index in [0.29, 0.717) is 39.5 Å². The van der Waals surface area contributed by atoms with Gasteiger partial charge in [0.15, 0.2) is 17.2 Å². The molecule has 0 N–H and O–H groups in total. The Morgan fingerprint density at radius 3 is 2.63 bits per heavy atom. The monoisotopic (exact) mass is 494 g/mol. The second-order valence-electron chi connectivity index (χ2n) is 8.12. The fourth-order valence-electron chi connectivity index (χ4n) is 4.11. The zero-order chi connectivity index (χ0) is 24.8. The summed E-state index contributed by atoms with van der Waals surface area (Å²) in [6.07, 6.45) is 3.83. The van der Waals surface area contributed by atoms with Gasteiger partial charge in [-0.05, 0) is 24.6 Å². The maximum atomic E-state index is 13.0. The summed E-state index contributed by atoms with van der Waals surface area (Å²) in [7, 11) is 3.14. The number of anilines is 1. The van der Waals surface area contributed by atoms with Gasteiger partial charge in [0.2, 0.25) is 23.2 Å². The maximum Gasteiger partial charge on any atom is 0.247 e. The molecule has 0 unspecified atom stereocenters. The molecule has 2 aromatic carbocycles. The number of methoxy groups -OCH3 is 2. The van der Waals surface area contributed by atoms with Crippen molar-refractivity contribution in [3.05, 3.63) is 48.0 Å². The summed E-state index contributed by atoms with van der Waals surface area (Å²) in [4.78, 5) is 19.3. The van der Waals surface area contributed by atoms with Gasteiger partial charge in [-0.3, -0.25) is 9.69 Å². The lowest BCUT2D eigenvalue weighted by molar-refractivity contribution is -0.118. The Hall–Kier alpha value is -3.33. The minimum atomic E-state index is -0.848. The molecule has 0 spiro atoms. The highest BCUT2D eigenvalue weighted by molar-refractivity contribution is 7.99. The number of aromatic nitrogens is 3. The largest absolute Gasteiger partial charge is 0.493 e. The number of carbonyl (C=O) groups is 1. The number of nitrogens with zero attached hydrogens (tertiary/aromatic N) is 4. The highest BCUT2D eigenvalue weighted by Gasteiger charge is 2.36. The van der Waals surface area contributed by atoms with Crippen molar-refractivity contribution in [2.75, 3.05) is 24.9 Å². The molecule has 1 aromatic heterocycles. The summed E-state index contributed by atoms with van der Waals surface area (Å²) in [5, 5.41) is 9.38. The zero-order valence-corrected chi connectivity index (χ0v) is 21.3. The third-order valence-electron chi connectivity index (χ3n) is 5.78. The number of para-hydroxylation sites is 2. The first-order chi connectivity index (χ1) is 17.1. The smallest absolute Gasteiger partial charge is 0.247 e. The molecule has 0 fully saturated rings. The van der Waals surface area contributed by atoms with Crippen LogP contribution >= 0.6 is 11.8 Å². The van der Waals surface area contributed by atoms with Gasteiger partial charge in [-0.2, -0.15) is 4.98 Å². The highest BCUT2D eigenvalue weighted by atomic mass is 32.2. The van der Waals surface area contributed by atoms with Gasteiger partial charge in [-0.25, -0.2) is 0 Å². The van der Waals surface area contributed by atoms with E-state index >= 15 is 0 Å². The van der Waals surface area contributed by atoms with Crippen LogP contribution in [0.4, 0.5) is 5.69 Å². The van der Waals surface area contributed by atoms with Crippen molar-refractivity contribution >= 4 is 23.4 Å². The fourth-order valence-corrected chi connectivity index (χ4v) is 4.89. The van der Waals surface area contributed by atoms with Crippen LogP contribution in [0.2, 0.25) is 0 Å². The number of amides is 1. The van der Waals surface area contributed by atoms with Gasteiger partial charge in [0.05, 0.1) is 25.5 Å². The Morgan fingerprint density at radius 2 is 1.89 bits per heavy atom. The standard InChI is InChI=1S/C26H30N4O4S/c1-5-6-7-10-16-35-26-27-24-22(28-29-26)18-12-8-9-14-20(18)30(17(2)31)25(34-24)19-13-11-15-21(32-3)23(19)33-4/h8-9,11-15,25H,5-7,10,16H2,1-4H3/t25-/m0/s1. The number of hydrogen-bond acceptors (Lipinski definition) is 8. The first kappa shape index (κ1) is 24.8. The van der Waals surface area contributed by atoms with E-state index in [-0.39, 0.29) is 5.91 Å². The number of ether oxygens (including phenoxy) is 3. The molecule has 0 saturated heterocycles. The summed E-state index contributed by atoms with van der Waals surface area (Å²) in [5.74, 6) is 2.06. The number of unbranched alkanes of at least 4 members (excludes halogenated alkanes) is 3. The van der Waals surface area contributed by atoms with E-state index in [1.54, 1.807) is 36.9 Å². The Labute approximate surface area is 210 Å². The van der Waals surface area contributed by atoms with Crippen LogP contribution in [0.3, 0.4) is 0 Å². The van der Waals surface area contributed by atoms with Gasteiger partial charge >= 0.3 is 0 Å². The number of hydrogen-bond donors (Lipinski definition) is 0. The third kappa shape index (κ3) is 5.19. The maximum absolute atomic E-state index is 13.0. The number of carbonyl (C=O) groups excluding carboxylic acids is 1. The predicted octanol–water partition coefficient (Wildman–Crippen LogP) is 5.67. The third-order valence-corrected chi connectivity index (χ3v) is 6.70. The van der Waals surface area contributed by atoms with E-state index in [9.17, 15) is 4.79 Å².